The van der Waals surface area contributed by atoms with Gasteiger partial charge in [0.05, 0.1) is 12.5 Å². The van der Waals surface area contributed by atoms with Gasteiger partial charge in [-0.3, -0.25) is 4.79 Å². The predicted molar refractivity (Wildman–Crippen MR) is 89.3 cm³/mol. The third-order valence-corrected chi connectivity index (χ3v) is 4.00. The minimum absolute atomic E-state index is 0.0636. The van der Waals surface area contributed by atoms with Crippen LogP contribution in [-0.4, -0.2) is 22.8 Å². The van der Waals surface area contributed by atoms with Crippen LogP contribution in [0.25, 0.3) is 0 Å². The Balaban J connectivity index is 2.31. The molecule has 1 atom stereocenters. The van der Waals surface area contributed by atoms with E-state index in [0.29, 0.717) is 18.8 Å². The molecule has 0 radical (unpaired) electrons. The zero-order chi connectivity index (χ0) is 17.0. The zero-order valence-corrected chi connectivity index (χ0v) is 13.7. The van der Waals surface area contributed by atoms with Crippen LogP contribution in [0.1, 0.15) is 35.1 Å². The molecule has 2 aromatic rings. The number of aryl methyl sites for hydroxylation is 2. The first-order chi connectivity index (χ1) is 10.9. The normalized spacial score (nSPS) is 12.0. The number of hydrogen-bond acceptors (Lipinski definition) is 3. The number of aliphatic carboxylic acids is 1. The standard InChI is InChI=1S/C19H22O4/c1-4-23-18-11-14(6-8-17(18)20)10-16(19(21)22)15-7-5-12(2)13(3)9-15/h5-9,11,16,20H,4,10H2,1-3H3,(H,21,22). The van der Waals surface area contributed by atoms with E-state index in [1.165, 1.54) is 0 Å². The molecule has 0 aliphatic rings. The maximum absolute atomic E-state index is 11.7. The van der Waals surface area contributed by atoms with Crippen LogP contribution in [0.15, 0.2) is 36.4 Å². The van der Waals surface area contributed by atoms with Gasteiger partial charge in [-0.1, -0.05) is 24.3 Å². The molecule has 23 heavy (non-hydrogen) atoms. The molecule has 0 saturated carbocycles. The molecule has 0 saturated heterocycles. The van der Waals surface area contributed by atoms with E-state index >= 15 is 0 Å². The molecule has 0 aliphatic carbocycles. The SMILES string of the molecule is CCOc1cc(CC(C(=O)O)c2ccc(C)c(C)c2)ccc1O. The quantitative estimate of drug-likeness (QED) is 0.850. The van der Waals surface area contributed by atoms with Crippen LogP contribution in [0.2, 0.25) is 0 Å². The molecule has 0 aliphatic heterocycles. The number of aromatic hydroxyl groups is 1. The smallest absolute Gasteiger partial charge is 0.311 e. The van der Waals surface area contributed by atoms with Crippen LogP contribution in [0, 0.1) is 13.8 Å². The number of rotatable bonds is 6. The Bertz CT molecular complexity index is 707. The van der Waals surface area contributed by atoms with E-state index in [2.05, 4.69) is 0 Å². The van der Waals surface area contributed by atoms with Crippen molar-refractivity contribution >= 4 is 5.97 Å². The first kappa shape index (κ1) is 16.9. The second kappa shape index (κ2) is 7.18. The van der Waals surface area contributed by atoms with E-state index in [4.69, 9.17) is 4.74 Å². The Labute approximate surface area is 136 Å². The molecule has 0 bridgehead atoms. The molecule has 2 N–H and O–H groups in total. The number of hydrogen-bond donors (Lipinski definition) is 2. The monoisotopic (exact) mass is 314 g/mol. The Morgan fingerprint density at radius 2 is 1.87 bits per heavy atom. The van der Waals surface area contributed by atoms with E-state index in [0.717, 1.165) is 22.3 Å². The van der Waals surface area contributed by atoms with Crippen LogP contribution in [0.4, 0.5) is 0 Å². The van der Waals surface area contributed by atoms with Crippen LogP contribution in [0.3, 0.4) is 0 Å². The van der Waals surface area contributed by atoms with Gasteiger partial charge in [-0.2, -0.15) is 0 Å². The van der Waals surface area contributed by atoms with Crippen LogP contribution < -0.4 is 4.74 Å². The summed E-state index contributed by atoms with van der Waals surface area (Å²) in [5.41, 5.74) is 3.82. The molecule has 2 aromatic carbocycles. The predicted octanol–water partition coefficient (Wildman–Crippen LogP) is 3.82. The van der Waals surface area contributed by atoms with Gasteiger partial charge in [0.25, 0.3) is 0 Å². The van der Waals surface area contributed by atoms with Crippen LogP contribution in [0.5, 0.6) is 11.5 Å². The topological polar surface area (TPSA) is 66.8 Å². The third-order valence-electron chi connectivity index (χ3n) is 4.00. The summed E-state index contributed by atoms with van der Waals surface area (Å²) in [5.74, 6) is -1.05. The minimum Gasteiger partial charge on any atom is -0.504 e. The number of carboxylic acids is 1. The van der Waals surface area contributed by atoms with Crippen molar-refractivity contribution in [3.05, 3.63) is 58.7 Å². The van der Waals surface area contributed by atoms with Crippen molar-refractivity contribution in [1.82, 2.24) is 0 Å². The summed E-state index contributed by atoms with van der Waals surface area (Å²) in [6.45, 7) is 6.26. The fourth-order valence-corrected chi connectivity index (χ4v) is 2.52. The highest BCUT2D eigenvalue weighted by Crippen LogP contribution is 2.30. The first-order valence-corrected chi connectivity index (χ1v) is 7.67. The van der Waals surface area contributed by atoms with Gasteiger partial charge in [0.1, 0.15) is 0 Å². The summed E-state index contributed by atoms with van der Waals surface area (Å²) in [5, 5.41) is 19.3. The highest BCUT2D eigenvalue weighted by Gasteiger charge is 2.21. The van der Waals surface area contributed by atoms with Gasteiger partial charge < -0.3 is 14.9 Å². The van der Waals surface area contributed by atoms with Gasteiger partial charge >= 0.3 is 5.97 Å². The molecule has 4 heteroatoms. The van der Waals surface area contributed by atoms with Crippen molar-refractivity contribution < 1.29 is 19.7 Å². The molecule has 2 rings (SSSR count). The molecule has 0 amide bonds. The van der Waals surface area contributed by atoms with E-state index in [-0.39, 0.29) is 5.75 Å². The second-order valence-electron chi connectivity index (χ2n) is 5.67. The van der Waals surface area contributed by atoms with Gasteiger partial charge in [0.2, 0.25) is 0 Å². The number of carbonyl (C=O) groups is 1. The lowest BCUT2D eigenvalue weighted by atomic mass is 9.90. The second-order valence-corrected chi connectivity index (χ2v) is 5.67. The molecule has 0 spiro atoms. The van der Waals surface area contributed by atoms with Crippen LogP contribution >= 0.6 is 0 Å². The van der Waals surface area contributed by atoms with Crippen molar-refractivity contribution in [2.45, 2.75) is 33.1 Å². The molecule has 0 fully saturated rings. The van der Waals surface area contributed by atoms with Gasteiger partial charge in [0.15, 0.2) is 11.5 Å². The summed E-state index contributed by atoms with van der Waals surface area (Å²) < 4.78 is 5.36. The Kier molecular flexibility index (Phi) is 5.27. The summed E-state index contributed by atoms with van der Waals surface area (Å²) in [7, 11) is 0. The molecular formula is C19H22O4. The van der Waals surface area contributed by atoms with Gasteiger partial charge in [-0.25, -0.2) is 0 Å². The van der Waals surface area contributed by atoms with Gasteiger partial charge in [-0.15, -0.1) is 0 Å². The first-order valence-electron chi connectivity index (χ1n) is 7.67. The maximum Gasteiger partial charge on any atom is 0.311 e. The average molecular weight is 314 g/mol. The van der Waals surface area contributed by atoms with Crippen molar-refractivity contribution in [2.75, 3.05) is 6.61 Å². The zero-order valence-electron chi connectivity index (χ0n) is 13.7. The fraction of sp³-hybridized carbons (Fsp3) is 0.316. The highest BCUT2D eigenvalue weighted by molar-refractivity contribution is 5.76. The lowest BCUT2D eigenvalue weighted by Gasteiger charge is -2.15. The molecular weight excluding hydrogens is 292 g/mol. The Hall–Kier alpha value is -2.49. The number of carboxylic acid groups (broad SMARTS) is 1. The number of phenols is 1. The summed E-state index contributed by atoms with van der Waals surface area (Å²) in [6, 6.07) is 10.7. The van der Waals surface area contributed by atoms with Gasteiger partial charge in [0, 0.05) is 0 Å². The molecule has 122 valence electrons. The number of benzene rings is 2. The highest BCUT2D eigenvalue weighted by atomic mass is 16.5. The van der Waals surface area contributed by atoms with E-state index in [9.17, 15) is 15.0 Å². The van der Waals surface area contributed by atoms with Crippen molar-refractivity contribution in [3.63, 3.8) is 0 Å². The Morgan fingerprint density at radius 1 is 1.13 bits per heavy atom. The van der Waals surface area contributed by atoms with E-state index in [1.54, 1.807) is 18.2 Å². The Morgan fingerprint density at radius 3 is 2.48 bits per heavy atom. The molecule has 1 unspecified atom stereocenters. The summed E-state index contributed by atoms with van der Waals surface area (Å²) >= 11 is 0. The average Bonchev–Trinajstić information content (AvgIpc) is 2.51. The summed E-state index contributed by atoms with van der Waals surface area (Å²) in [4.78, 5) is 11.7. The van der Waals surface area contributed by atoms with E-state index in [1.807, 2.05) is 39.0 Å². The fourth-order valence-electron chi connectivity index (χ4n) is 2.52. The van der Waals surface area contributed by atoms with Crippen molar-refractivity contribution in [3.8, 4) is 11.5 Å². The minimum atomic E-state index is -0.862. The van der Waals surface area contributed by atoms with Crippen LogP contribution in [-0.2, 0) is 11.2 Å². The number of ether oxygens (including phenoxy) is 1. The van der Waals surface area contributed by atoms with E-state index < -0.39 is 11.9 Å². The third kappa shape index (κ3) is 4.03. The lowest BCUT2D eigenvalue weighted by Crippen LogP contribution is -2.15. The van der Waals surface area contributed by atoms with Crippen molar-refractivity contribution in [2.24, 2.45) is 0 Å². The largest absolute Gasteiger partial charge is 0.504 e. The lowest BCUT2D eigenvalue weighted by molar-refractivity contribution is -0.138. The molecule has 4 nitrogen and oxygen atoms in total. The number of phenolic OH excluding ortho intramolecular Hbond substituents is 1. The van der Waals surface area contributed by atoms with Gasteiger partial charge in [-0.05, 0) is 61.6 Å². The molecule has 0 aromatic heterocycles. The van der Waals surface area contributed by atoms with Crippen molar-refractivity contribution in [1.29, 1.82) is 0 Å². The molecule has 0 heterocycles. The maximum atomic E-state index is 11.7. The summed E-state index contributed by atoms with van der Waals surface area (Å²) in [6.07, 6.45) is 0.345.